The van der Waals surface area contributed by atoms with Gasteiger partial charge >= 0.3 is 5.88 Å². The molecule has 2 heterocycles. The van der Waals surface area contributed by atoms with Gasteiger partial charge in [0.2, 0.25) is 5.91 Å². The van der Waals surface area contributed by atoms with Crippen LogP contribution in [0.2, 0.25) is 0 Å². The largest absolute Gasteiger partial charge is 0.490 e. The molecule has 1 aliphatic heterocycles. The topological polar surface area (TPSA) is 95.0 Å². The summed E-state index contributed by atoms with van der Waals surface area (Å²) >= 11 is 0. The number of carbonyl (C=O) groups is 1. The molecule has 0 unspecified atom stereocenters. The molecule has 0 fully saturated rings. The van der Waals surface area contributed by atoms with Crippen molar-refractivity contribution in [2.24, 2.45) is 0 Å². The summed E-state index contributed by atoms with van der Waals surface area (Å²) in [5, 5.41) is 10.6. The first-order chi connectivity index (χ1) is 13.5. The summed E-state index contributed by atoms with van der Waals surface area (Å²) in [5.41, 5.74) is 2.16. The lowest BCUT2D eigenvalue weighted by Gasteiger charge is -2.29. The number of benzene rings is 1. The van der Waals surface area contributed by atoms with Gasteiger partial charge in [-0.05, 0) is 55.7 Å². The molecule has 0 N–H and O–H groups in total. The van der Waals surface area contributed by atoms with Crippen LogP contribution in [-0.2, 0) is 17.8 Å². The van der Waals surface area contributed by atoms with Crippen LogP contribution in [0.5, 0.6) is 11.5 Å². The Kier molecular flexibility index (Phi) is 5.98. The van der Waals surface area contributed by atoms with Crippen LogP contribution in [0.15, 0.2) is 34.8 Å². The van der Waals surface area contributed by atoms with Gasteiger partial charge < -0.3 is 18.8 Å². The Hall–Kier alpha value is -3.29. The van der Waals surface area contributed by atoms with Gasteiger partial charge in [0.05, 0.1) is 19.3 Å². The van der Waals surface area contributed by atoms with E-state index in [9.17, 15) is 14.9 Å². The van der Waals surface area contributed by atoms with Gasteiger partial charge in [0, 0.05) is 19.2 Å². The van der Waals surface area contributed by atoms with Crippen LogP contribution in [0.1, 0.15) is 30.7 Å². The molecule has 28 heavy (non-hydrogen) atoms. The summed E-state index contributed by atoms with van der Waals surface area (Å²) in [7, 11) is 0. The number of nitrogens with zero attached hydrogens (tertiary/aromatic N) is 2. The third-order valence-corrected chi connectivity index (χ3v) is 4.37. The predicted octanol–water partition coefficient (Wildman–Crippen LogP) is 3.58. The highest BCUT2D eigenvalue weighted by Crippen LogP contribution is 2.34. The van der Waals surface area contributed by atoms with E-state index in [4.69, 9.17) is 13.9 Å². The van der Waals surface area contributed by atoms with Crippen molar-refractivity contribution in [2.45, 2.75) is 26.8 Å². The van der Waals surface area contributed by atoms with Crippen molar-refractivity contribution in [2.75, 3.05) is 19.8 Å². The van der Waals surface area contributed by atoms with Crippen molar-refractivity contribution in [3.05, 3.63) is 57.3 Å². The first-order valence-electron chi connectivity index (χ1n) is 9.14. The third-order valence-electron chi connectivity index (χ3n) is 4.37. The molecule has 1 amide bonds. The maximum atomic E-state index is 12.5. The highest BCUT2D eigenvalue weighted by Gasteiger charge is 2.22. The number of nitro groups is 1. The van der Waals surface area contributed by atoms with Crippen LogP contribution in [0.4, 0.5) is 5.88 Å². The fourth-order valence-electron chi connectivity index (χ4n) is 3.08. The predicted molar refractivity (Wildman–Crippen MR) is 102 cm³/mol. The minimum absolute atomic E-state index is 0.184. The Balaban J connectivity index is 1.72. The zero-order chi connectivity index (χ0) is 20.1. The van der Waals surface area contributed by atoms with E-state index in [0.717, 1.165) is 16.9 Å². The maximum Gasteiger partial charge on any atom is 0.433 e. The van der Waals surface area contributed by atoms with Gasteiger partial charge in [-0.15, -0.1) is 0 Å². The summed E-state index contributed by atoms with van der Waals surface area (Å²) in [6.07, 6.45) is 3.52. The lowest BCUT2D eigenvalue weighted by atomic mass is 9.98. The highest BCUT2D eigenvalue weighted by atomic mass is 16.6. The summed E-state index contributed by atoms with van der Waals surface area (Å²) in [6.45, 7) is 5.96. The Morgan fingerprint density at radius 1 is 1.21 bits per heavy atom. The zero-order valence-electron chi connectivity index (χ0n) is 15.8. The molecule has 0 radical (unpaired) electrons. The molecule has 2 aromatic rings. The number of hydrogen-bond donors (Lipinski definition) is 0. The van der Waals surface area contributed by atoms with Gasteiger partial charge in [-0.3, -0.25) is 14.9 Å². The number of hydrogen-bond acceptors (Lipinski definition) is 6. The number of furan rings is 1. The van der Waals surface area contributed by atoms with Crippen LogP contribution < -0.4 is 9.47 Å². The normalized spacial score (nSPS) is 13.4. The molecule has 8 heteroatoms. The monoisotopic (exact) mass is 386 g/mol. The lowest BCUT2D eigenvalue weighted by molar-refractivity contribution is -0.402. The van der Waals surface area contributed by atoms with Gasteiger partial charge in [0.15, 0.2) is 11.5 Å². The molecule has 0 atom stereocenters. The molecule has 8 nitrogen and oxygen atoms in total. The summed E-state index contributed by atoms with van der Waals surface area (Å²) < 4.78 is 16.4. The summed E-state index contributed by atoms with van der Waals surface area (Å²) in [6, 6.07) is 6.63. The second kappa shape index (κ2) is 8.60. The fraction of sp³-hybridized carbons (Fsp3) is 0.350. The number of fused-ring (bicyclic) bond motifs is 1. The Bertz CT molecular complexity index is 902. The Labute approximate surface area is 162 Å². The molecule has 3 rings (SSSR count). The molecule has 0 saturated carbocycles. The smallest absolute Gasteiger partial charge is 0.433 e. The van der Waals surface area contributed by atoms with E-state index in [0.29, 0.717) is 38.5 Å². The standard InChI is InChI=1S/C20H22N2O6/c1-3-26-17-11-14-9-10-21(13-15(14)12-18(17)27-4-2)19(23)7-5-16-6-8-20(28-16)22(24)25/h5-8,11-12H,3-4,9-10,13H2,1-2H3/b7-5+. The van der Waals surface area contributed by atoms with E-state index in [2.05, 4.69) is 0 Å². The van der Waals surface area contributed by atoms with Crippen molar-refractivity contribution in [1.82, 2.24) is 4.90 Å². The van der Waals surface area contributed by atoms with Crippen molar-refractivity contribution in [1.29, 1.82) is 0 Å². The summed E-state index contributed by atoms with van der Waals surface area (Å²) in [4.78, 5) is 24.3. The van der Waals surface area contributed by atoms with Gasteiger partial charge in [0.1, 0.15) is 10.7 Å². The fourth-order valence-corrected chi connectivity index (χ4v) is 3.08. The second-order valence-corrected chi connectivity index (χ2v) is 6.21. The number of carbonyl (C=O) groups excluding carboxylic acids is 1. The van der Waals surface area contributed by atoms with E-state index < -0.39 is 4.92 Å². The molecular formula is C20H22N2O6. The van der Waals surface area contributed by atoms with Crippen LogP contribution in [0, 0.1) is 10.1 Å². The zero-order valence-corrected chi connectivity index (χ0v) is 15.8. The van der Waals surface area contributed by atoms with E-state index in [1.54, 1.807) is 4.90 Å². The Morgan fingerprint density at radius 2 is 1.89 bits per heavy atom. The van der Waals surface area contributed by atoms with Crippen molar-refractivity contribution < 1.29 is 23.6 Å². The summed E-state index contributed by atoms with van der Waals surface area (Å²) in [5.74, 6) is 1.12. The molecule has 0 bridgehead atoms. The number of amides is 1. The maximum absolute atomic E-state index is 12.5. The van der Waals surface area contributed by atoms with Gasteiger partial charge in [-0.25, -0.2) is 0 Å². The average Bonchev–Trinajstić information content (AvgIpc) is 3.16. The van der Waals surface area contributed by atoms with Gasteiger partial charge in [0.25, 0.3) is 0 Å². The SMILES string of the molecule is CCOc1cc2c(cc1OCC)CN(C(=O)/C=C/c1ccc([N+](=O)[O-])o1)CC2. The minimum atomic E-state index is -0.618. The van der Waals surface area contributed by atoms with E-state index in [1.807, 2.05) is 26.0 Å². The van der Waals surface area contributed by atoms with E-state index >= 15 is 0 Å². The number of ether oxygens (including phenoxy) is 2. The molecule has 0 spiro atoms. The molecule has 148 valence electrons. The first-order valence-corrected chi connectivity index (χ1v) is 9.14. The van der Waals surface area contributed by atoms with Crippen LogP contribution >= 0.6 is 0 Å². The quantitative estimate of drug-likeness (QED) is 0.410. The Morgan fingerprint density at radius 3 is 2.50 bits per heavy atom. The van der Waals surface area contributed by atoms with E-state index in [1.165, 1.54) is 24.3 Å². The molecule has 1 aromatic carbocycles. The van der Waals surface area contributed by atoms with Crippen molar-refractivity contribution in [3.8, 4) is 11.5 Å². The molecular weight excluding hydrogens is 364 g/mol. The van der Waals surface area contributed by atoms with Crippen molar-refractivity contribution >= 4 is 17.9 Å². The van der Waals surface area contributed by atoms with Crippen LogP contribution in [0.3, 0.4) is 0 Å². The molecule has 1 aromatic heterocycles. The van der Waals surface area contributed by atoms with Gasteiger partial charge in [-0.1, -0.05) is 0 Å². The van der Waals surface area contributed by atoms with Crippen LogP contribution in [0.25, 0.3) is 6.08 Å². The van der Waals surface area contributed by atoms with Gasteiger partial charge in [-0.2, -0.15) is 0 Å². The van der Waals surface area contributed by atoms with E-state index in [-0.39, 0.29) is 17.6 Å². The number of rotatable bonds is 7. The molecule has 1 aliphatic rings. The first kappa shape index (κ1) is 19.5. The third kappa shape index (κ3) is 4.33. The highest BCUT2D eigenvalue weighted by molar-refractivity contribution is 5.91. The lowest BCUT2D eigenvalue weighted by Crippen LogP contribution is -2.34. The van der Waals surface area contributed by atoms with Crippen molar-refractivity contribution in [3.63, 3.8) is 0 Å². The van der Waals surface area contributed by atoms with Crippen LogP contribution in [-0.4, -0.2) is 35.5 Å². The molecule has 0 aliphatic carbocycles. The minimum Gasteiger partial charge on any atom is -0.490 e. The second-order valence-electron chi connectivity index (χ2n) is 6.21. The molecule has 0 saturated heterocycles. The average molecular weight is 386 g/mol.